The Bertz CT molecular complexity index is 1830. The quantitative estimate of drug-likeness (QED) is 0.286. The van der Waals surface area contributed by atoms with Crippen molar-refractivity contribution >= 4 is 53.3 Å². The van der Waals surface area contributed by atoms with E-state index in [-0.39, 0.29) is 0 Å². The molecule has 2 heterocycles. The summed E-state index contributed by atoms with van der Waals surface area (Å²) in [4.78, 5) is 0. The van der Waals surface area contributed by atoms with Crippen LogP contribution in [-0.4, -0.2) is 9.67 Å². The predicted molar refractivity (Wildman–Crippen MR) is 141 cm³/mol. The third-order valence-electron chi connectivity index (χ3n) is 6.51. The summed E-state index contributed by atoms with van der Waals surface area (Å²) in [6, 6.07) is 37.8. The smallest absolute Gasteiger partial charge is 0.133 e. The van der Waals surface area contributed by atoms with Crippen molar-refractivity contribution in [3.05, 3.63) is 109 Å². The molecule has 3 heteroatoms. The Morgan fingerprint density at radius 1 is 0.576 bits per heavy atom. The summed E-state index contributed by atoms with van der Waals surface area (Å²) >= 11 is 1.83. The first-order chi connectivity index (χ1) is 16.3. The highest BCUT2D eigenvalue weighted by Crippen LogP contribution is 2.43. The predicted octanol–water partition coefficient (Wildman–Crippen LogP) is 8.52. The van der Waals surface area contributed by atoms with Crippen molar-refractivity contribution in [2.45, 2.75) is 0 Å². The van der Waals surface area contributed by atoms with Gasteiger partial charge in [0.05, 0.1) is 16.4 Å². The van der Waals surface area contributed by atoms with E-state index in [1.807, 2.05) is 53.8 Å². The molecule has 2 nitrogen and oxygen atoms in total. The molecule has 0 saturated heterocycles. The van der Waals surface area contributed by atoms with E-state index in [1.54, 1.807) is 0 Å². The van der Waals surface area contributed by atoms with Crippen LogP contribution in [0.3, 0.4) is 0 Å². The third-order valence-corrected chi connectivity index (χ3v) is 7.67. The average Bonchev–Trinajstić information content (AvgIpc) is 3.40. The first-order valence-electron chi connectivity index (χ1n) is 11.0. The Morgan fingerprint density at radius 2 is 1.30 bits per heavy atom. The lowest BCUT2D eigenvalue weighted by atomic mass is 10.0. The topological polar surface area (TPSA) is 25.2 Å². The molecule has 0 bridgehead atoms. The van der Waals surface area contributed by atoms with Crippen LogP contribution < -0.4 is 0 Å². The van der Waals surface area contributed by atoms with Crippen LogP contribution in [0.25, 0.3) is 58.8 Å². The van der Waals surface area contributed by atoms with Gasteiger partial charge in [0.25, 0.3) is 0 Å². The van der Waals surface area contributed by atoms with Crippen LogP contribution in [0.4, 0.5) is 0 Å². The van der Waals surface area contributed by atoms with Crippen molar-refractivity contribution in [2.24, 2.45) is 0 Å². The average molecular weight is 442 g/mol. The minimum atomic E-state index is 0.329. The van der Waals surface area contributed by atoms with Gasteiger partial charge in [0.1, 0.15) is 5.75 Å². The Balaban J connectivity index is 1.56. The zero-order chi connectivity index (χ0) is 21.9. The van der Waals surface area contributed by atoms with Crippen LogP contribution in [-0.2, 0) is 0 Å². The zero-order valence-electron chi connectivity index (χ0n) is 17.7. The van der Waals surface area contributed by atoms with E-state index in [4.69, 9.17) is 0 Å². The van der Waals surface area contributed by atoms with E-state index >= 15 is 0 Å². The molecule has 2 aromatic heterocycles. The molecule has 33 heavy (non-hydrogen) atoms. The van der Waals surface area contributed by atoms with E-state index < -0.39 is 0 Å². The molecule has 156 valence electrons. The van der Waals surface area contributed by atoms with E-state index in [0.717, 1.165) is 38.6 Å². The van der Waals surface area contributed by atoms with Crippen LogP contribution >= 0.6 is 11.3 Å². The number of thiophene rings is 1. The first-order valence-corrected chi connectivity index (χ1v) is 11.8. The van der Waals surface area contributed by atoms with Gasteiger partial charge in [-0.3, -0.25) is 0 Å². The van der Waals surface area contributed by atoms with Crippen molar-refractivity contribution in [2.75, 3.05) is 0 Å². The fourth-order valence-electron chi connectivity index (χ4n) is 5.02. The van der Waals surface area contributed by atoms with Gasteiger partial charge in [-0.15, -0.1) is 11.3 Å². The summed E-state index contributed by atoms with van der Waals surface area (Å²) in [7, 11) is 0. The number of aromatic nitrogens is 1. The fourth-order valence-corrected chi connectivity index (χ4v) is 6.11. The molecule has 0 radical (unpaired) electrons. The molecule has 5 aromatic carbocycles. The molecule has 0 fully saturated rings. The van der Waals surface area contributed by atoms with Gasteiger partial charge in [-0.2, -0.15) is 0 Å². The highest BCUT2D eigenvalue weighted by atomic mass is 32.1. The largest absolute Gasteiger partial charge is 0.507 e. The summed E-state index contributed by atoms with van der Waals surface area (Å²) < 4.78 is 4.86. The highest BCUT2D eigenvalue weighted by Gasteiger charge is 2.18. The van der Waals surface area contributed by atoms with E-state index in [0.29, 0.717) is 5.75 Å². The van der Waals surface area contributed by atoms with Crippen LogP contribution in [0, 0.1) is 0 Å². The molecule has 0 aliphatic carbocycles. The molecule has 0 aliphatic rings. The maximum atomic E-state index is 11.4. The van der Waals surface area contributed by atoms with Crippen LogP contribution in [0.5, 0.6) is 5.75 Å². The van der Waals surface area contributed by atoms with Crippen molar-refractivity contribution < 1.29 is 5.11 Å². The molecule has 0 saturated carbocycles. The number of hydrogen-bond acceptors (Lipinski definition) is 2. The number of hydrogen-bond donors (Lipinski definition) is 1. The van der Waals surface area contributed by atoms with Crippen LogP contribution in [0.1, 0.15) is 0 Å². The van der Waals surface area contributed by atoms with Crippen LogP contribution in [0.15, 0.2) is 109 Å². The molecule has 7 rings (SSSR count). The lowest BCUT2D eigenvalue weighted by Gasteiger charge is -2.10. The minimum Gasteiger partial charge on any atom is -0.507 e. The summed E-state index contributed by atoms with van der Waals surface area (Å²) in [5.41, 5.74) is 5.06. The van der Waals surface area contributed by atoms with E-state index in [2.05, 4.69) is 71.3 Å². The molecule has 7 aromatic rings. The van der Waals surface area contributed by atoms with Crippen molar-refractivity contribution in [3.63, 3.8) is 0 Å². The minimum absolute atomic E-state index is 0.329. The zero-order valence-corrected chi connectivity index (χ0v) is 18.5. The standard InChI is InChI=1S/C30H19NOS/c32-30-21(19-8-2-1-3-9-19)15-16-26-29(30)23-11-4-6-12-25(23)31(26)20-14-17-28-24(18-20)22-10-5-7-13-27(22)33-28/h1-18,32H. The monoisotopic (exact) mass is 441 g/mol. The Morgan fingerprint density at radius 3 is 2.18 bits per heavy atom. The van der Waals surface area contributed by atoms with Gasteiger partial charge in [0, 0.05) is 36.8 Å². The van der Waals surface area contributed by atoms with Gasteiger partial charge in [-0.1, -0.05) is 66.7 Å². The van der Waals surface area contributed by atoms with E-state index in [9.17, 15) is 5.11 Å². The lowest BCUT2D eigenvalue weighted by molar-refractivity contribution is 0.484. The van der Waals surface area contributed by atoms with E-state index in [1.165, 1.54) is 20.2 Å². The Kier molecular flexibility index (Phi) is 3.90. The highest BCUT2D eigenvalue weighted by molar-refractivity contribution is 7.25. The fraction of sp³-hybridized carbons (Fsp3) is 0. The second kappa shape index (κ2) is 6.96. The molecule has 0 spiro atoms. The van der Waals surface area contributed by atoms with Gasteiger partial charge < -0.3 is 9.67 Å². The van der Waals surface area contributed by atoms with Crippen LogP contribution in [0.2, 0.25) is 0 Å². The van der Waals surface area contributed by atoms with Crippen molar-refractivity contribution in [3.8, 4) is 22.6 Å². The SMILES string of the molecule is Oc1c(-c2ccccc2)ccc2c1c1ccccc1n2-c1ccc2sc3ccccc3c2c1. The number of nitrogens with zero attached hydrogens (tertiary/aromatic N) is 1. The van der Waals surface area contributed by atoms with Gasteiger partial charge in [0.15, 0.2) is 0 Å². The van der Waals surface area contributed by atoms with Gasteiger partial charge >= 0.3 is 0 Å². The summed E-state index contributed by atoms with van der Waals surface area (Å²) in [6.07, 6.45) is 0. The number of benzene rings is 5. The maximum Gasteiger partial charge on any atom is 0.133 e. The lowest BCUT2D eigenvalue weighted by Crippen LogP contribution is -1.93. The number of para-hydroxylation sites is 1. The molecule has 1 N–H and O–H groups in total. The number of fused-ring (bicyclic) bond motifs is 6. The normalized spacial score (nSPS) is 11.8. The van der Waals surface area contributed by atoms with Gasteiger partial charge in [-0.05, 0) is 48.0 Å². The summed E-state index contributed by atoms with van der Waals surface area (Å²) in [5, 5.41) is 15.9. The molecule has 0 aliphatic heterocycles. The number of aromatic hydroxyl groups is 1. The molecular formula is C30H19NOS. The van der Waals surface area contributed by atoms with Crippen molar-refractivity contribution in [1.29, 1.82) is 0 Å². The number of phenols is 1. The van der Waals surface area contributed by atoms with Crippen molar-refractivity contribution in [1.82, 2.24) is 4.57 Å². The Hall–Kier alpha value is -4.08. The number of phenolic OH excluding ortho intramolecular Hbond substituents is 1. The second-order valence-corrected chi connectivity index (χ2v) is 9.44. The maximum absolute atomic E-state index is 11.4. The first kappa shape index (κ1) is 18.5. The number of rotatable bonds is 2. The third kappa shape index (κ3) is 2.66. The molecule has 0 unspecified atom stereocenters. The summed E-state index contributed by atoms with van der Waals surface area (Å²) in [5.74, 6) is 0.329. The molecule has 0 atom stereocenters. The second-order valence-electron chi connectivity index (χ2n) is 8.35. The van der Waals surface area contributed by atoms with Gasteiger partial charge in [-0.25, -0.2) is 0 Å². The molecule has 0 amide bonds. The summed E-state index contributed by atoms with van der Waals surface area (Å²) in [6.45, 7) is 0. The Labute approximate surface area is 194 Å². The van der Waals surface area contributed by atoms with Gasteiger partial charge in [0.2, 0.25) is 0 Å². The molecular weight excluding hydrogens is 422 g/mol.